The fourth-order valence-electron chi connectivity index (χ4n) is 2.42. The smallest absolute Gasteiger partial charge is 0.255 e. The van der Waals surface area contributed by atoms with E-state index in [1.54, 1.807) is 6.92 Å². The molecule has 8 nitrogen and oxygen atoms in total. The minimum absolute atomic E-state index is 0.0110. The minimum atomic E-state index is -4.15. The second-order valence-electron chi connectivity index (χ2n) is 6.24. The molecule has 0 saturated carbocycles. The number of carbonyl (C=O) groups is 1. The van der Waals surface area contributed by atoms with Crippen molar-refractivity contribution in [3.8, 4) is 0 Å². The van der Waals surface area contributed by atoms with Gasteiger partial charge in [0.05, 0.1) is 5.75 Å². The number of hydrogen-bond donors (Lipinski definition) is 3. The van der Waals surface area contributed by atoms with Gasteiger partial charge in [-0.25, -0.2) is 25.9 Å². The zero-order chi connectivity index (χ0) is 22.4. The summed E-state index contributed by atoms with van der Waals surface area (Å²) in [6.07, 6.45) is 1.78. The molecule has 0 aliphatic carbocycles. The molecule has 0 heterocycles. The Morgan fingerprint density at radius 1 is 1.07 bits per heavy atom. The van der Waals surface area contributed by atoms with Crippen LogP contribution in [0.15, 0.2) is 60.0 Å². The quantitative estimate of drug-likeness (QED) is 0.476. The molecule has 2 aromatic rings. The van der Waals surface area contributed by atoms with Gasteiger partial charge in [0.1, 0.15) is 10.7 Å². The second-order valence-corrected chi connectivity index (χ2v) is 9.82. The first-order valence-electron chi connectivity index (χ1n) is 8.90. The monoisotopic (exact) mass is 455 g/mol. The summed E-state index contributed by atoms with van der Waals surface area (Å²) >= 11 is 0. The highest BCUT2D eigenvalue weighted by atomic mass is 32.2. The predicted molar refractivity (Wildman–Crippen MR) is 114 cm³/mol. The molecule has 0 fully saturated rings. The molecule has 0 atom stereocenters. The van der Waals surface area contributed by atoms with Gasteiger partial charge in [0.2, 0.25) is 20.0 Å². The lowest BCUT2D eigenvalue weighted by Gasteiger charge is -2.10. The van der Waals surface area contributed by atoms with Crippen molar-refractivity contribution in [1.82, 2.24) is 4.72 Å². The maximum atomic E-state index is 14.0. The number of benzene rings is 2. The highest BCUT2D eigenvalue weighted by Gasteiger charge is 2.20. The lowest BCUT2D eigenvalue weighted by Crippen LogP contribution is -2.25. The summed E-state index contributed by atoms with van der Waals surface area (Å²) in [7, 11) is -7.59. The Hall–Kier alpha value is -2.76. The largest absolute Gasteiger partial charge is 0.322 e. The zero-order valence-electron chi connectivity index (χ0n) is 16.2. The number of carbonyl (C=O) groups excluding carboxylic acids is 1. The zero-order valence-corrected chi connectivity index (χ0v) is 17.8. The van der Waals surface area contributed by atoms with Crippen LogP contribution in [0.25, 0.3) is 0 Å². The number of sulfonamides is 2. The van der Waals surface area contributed by atoms with Gasteiger partial charge in [-0.15, -0.1) is 6.58 Å². The Morgan fingerprint density at radius 3 is 2.30 bits per heavy atom. The van der Waals surface area contributed by atoms with Gasteiger partial charge >= 0.3 is 0 Å². The van der Waals surface area contributed by atoms with E-state index < -0.39 is 36.7 Å². The van der Waals surface area contributed by atoms with E-state index in [4.69, 9.17) is 0 Å². The molecule has 0 spiro atoms. The van der Waals surface area contributed by atoms with Crippen molar-refractivity contribution in [2.75, 3.05) is 22.3 Å². The van der Waals surface area contributed by atoms with Gasteiger partial charge in [-0.05, 0) is 48.9 Å². The third-order valence-corrected chi connectivity index (χ3v) is 6.72. The maximum absolute atomic E-state index is 14.0. The fourth-order valence-corrected chi connectivity index (χ4v) is 4.66. The second kappa shape index (κ2) is 9.83. The van der Waals surface area contributed by atoms with Crippen LogP contribution in [0, 0.1) is 5.82 Å². The van der Waals surface area contributed by atoms with Gasteiger partial charge in [-0.1, -0.05) is 13.0 Å². The van der Waals surface area contributed by atoms with Gasteiger partial charge < -0.3 is 5.32 Å². The lowest BCUT2D eigenvalue weighted by atomic mass is 10.2. The molecule has 0 aliphatic rings. The number of rotatable bonds is 10. The number of halogens is 1. The van der Waals surface area contributed by atoms with Gasteiger partial charge in [-0.2, -0.15) is 0 Å². The highest BCUT2D eigenvalue weighted by Crippen LogP contribution is 2.19. The normalized spacial score (nSPS) is 11.7. The maximum Gasteiger partial charge on any atom is 0.255 e. The molecular weight excluding hydrogens is 433 g/mol. The average Bonchev–Trinajstić information content (AvgIpc) is 2.67. The summed E-state index contributed by atoms with van der Waals surface area (Å²) in [6, 6.07) is 8.89. The molecule has 162 valence electrons. The van der Waals surface area contributed by atoms with E-state index in [-0.39, 0.29) is 17.9 Å². The molecule has 0 aromatic heterocycles. The van der Waals surface area contributed by atoms with Crippen LogP contribution in [0.2, 0.25) is 0 Å². The predicted octanol–water partition coefficient (Wildman–Crippen LogP) is 2.69. The van der Waals surface area contributed by atoms with Crippen molar-refractivity contribution in [3.05, 3.63) is 66.5 Å². The van der Waals surface area contributed by atoms with Crippen molar-refractivity contribution in [2.24, 2.45) is 0 Å². The molecule has 0 saturated heterocycles. The number of nitrogens with one attached hydrogen (secondary N) is 3. The molecule has 0 radical (unpaired) electrons. The molecule has 2 aromatic carbocycles. The van der Waals surface area contributed by atoms with E-state index in [0.717, 1.165) is 18.2 Å². The molecule has 0 aliphatic heterocycles. The van der Waals surface area contributed by atoms with Crippen LogP contribution in [-0.4, -0.2) is 35.0 Å². The summed E-state index contributed by atoms with van der Waals surface area (Å²) < 4.78 is 66.4. The molecule has 0 unspecified atom stereocenters. The molecule has 0 bridgehead atoms. The Balaban J connectivity index is 2.16. The first kappa shape index (κ1) is 23.5. The molecule has 30 heavy (non-hydrogen) atoms. The summed E-state index contributed by atoms with van der Waals surface area (Å²) in [4.78, 5) is 11.8. The Morgan fingerprint density at radius 2 is 1.70 bits per heavy atom. The SMILES string of the molecule is C=CCNS(=O)(=O)c1cc(C(=O)Nc2ccc(NS(=O)(=O)CCC)cc2)ccc1F. The Kier molecular flexibility index (Phi) is 7.71. The van der Waals surface area contributed by atoms with Crippen molar-refractivity contribution in [1.29, 1.82) is 0 Å². The van der Waals surface area contributed by atoms with Crippen LogP contribution in [0.1, 0.15) is 23.7 Å². The van der Waals surface area contributed by atoms with E-state index in [1.165, 1.54) is 30.3 Å². The lowest BCUT2D eigenvalue weighted by molar-refractivity contribution is 0.102. The van der Waals surface area contributed by atoms with Gasteiger partial charge in [-0.3, -0.25) is 9.52 Å². The summed E-state index contributed by atoms with van der Waals surface area (Å²) in [5.41, 5.74) is 0.616. The van der Waals surface area contributed by atoms with Gasteiger partial charge in [0.15, 0.2) is 0 Å². The van der Waals surface area contributed by atoms with Crippen molar-refractivity contribution < 1.29 is 26.0 Å². The molecule has 1 amide bonds. The fraction of sp³-hybridized carbons (Fsp3) is 0.211. The summed E-state index contributed by atoms with van der Waals surface area (Å²) in [5, 5.41) is 2.54. The van der Waals surface area contributed by atoms with Crippen molar-refractivity contribution in [2.45, 2.75) is 18.2 Å². The Labute approximate surface area is 175 Å². The Bertz CT molecular complexity index is 1130. The highest BCUT2D eigenvalue weighted by molar-refractivity contribution is 7.92. The van der Waals surface area contributed by atoms with E-state index in [1.807, 2.05) is 0 Å². The van der Waals surface area contributed by atoms with Crippen LogP contribution < -0.4 is 14.8 Å². The van der Waals surface area contributed by atoms with E-state index in [0.29, 0.717) is 17.8 Å². The standard InChI is InChI=1S/C19H22FN3O5S2/c1-3-11-21-30(27,28)18-13-14(5-10-17(18)20)19(24)22-15-6-8-16(9-7-15)23-29(25,26)12-4-2/h3,5-10,13,21,23H,1,4,11-12H2,2H3,(H,22,24). The minimum Gasteiger partial charge on any atom is -0.322 e. The third kappa shape index (κ3) is 6.37. The number of anilines is 2. The van der Waals surface area contributed by atoms with Crippen LogP contribution >= 0.6 is 0 Å². The average molecular weight is 456 g/mol. The molecule has 2 rings (SSSR count). The summed E-state index contributed by atoms with van der Waals surface area (Å²) in [6.45, 7) is 5.04. The summed E-state index contributed by atoms with van der Waals surface area (Å²) in [5.74, 6) is -1.66. The first-order valence-corrected chi connectivity index (χ1v) is 12.0. The number of hydrogen-bond acceptors (Lipinski definition) is 5. The molecule has 11 heteroatoms. The van der Waals surface area contributed by atoms with E-state index in [9.17, 15) is 26.0 Å². The van der Waals surface area contributed by atoms with Crippen LogP contribution in [0.3, 0.4) is 0 Å². The molecular formula is C19H22FN3O5S2. The van der Waals surface area contributed by atoms with Crippen LogP contribution in [0.5, 0.6) is 0 Å². The van der Waals surface area contributed by atoms with Crippen molar-refractivity contribution >= 4 is 37.3 Å². The third-order valence-electron chi connectivity index (χ3n) is 3.79. The van der Waals surface area contributed by atoms with E-state index in [2.05, 4.69) is 21.3 Å². The number of amides is 1. The van der Waals surface area contributed by atoms with Crippen LogP contribution in [0.4, 0.5) is 15.8 Å². The first-order chi connectivity index (χ1) is 14.1. The van der Waals surface area contributed by atoms with Crippen LogP contribution in [-0.2, 0) is 20.0 Å². The van der Waals surface area contributed by atoms with E-state index >= 15 is 0 Å². The topological polar surface area (TPSA) is 121 Å². The van der Waals surface area contributed by atoms with Gasteiger partial charge in [0.25, 0.3) is 5.91 Å². The molecule has 3 N–H and O–H groups in total. The van der Waals surface area contributed by atoms with Crippen molar-refractivity contribution in [3.63, 3.8) is 0 Å². The van der Waals surface area contributed by atoms with Gasteiger partial charge in [0, 0.05) is 23.5 Å².